The first kappa shape index (κ1) is 15.2. The van der Waals surface area contributed by atoms with Gasteiger partial charge in [-0.3, -0.25) is 4.79 Å². The number of pyridine rings is 1. The van der Waals surface area contributed by atoms with Crippen LogP contribution < -0.4 is 5.73 Å². The molecule has 1 heterocycles. The lowest BCUT2D eigenvalue weighted by Gasteiger charge is -2.13. The lowest BCUT2D eigenvalue weighted by Crippen LogP contribution is -2.13. The molecule has 3 heteroatoms. The Morgan fingerprint density at radius 1 is 1.04 bits per heavy atom. The van der Waals surface area contributed by atoms with Crippen molar-refractivity contribution in [3.8, 4) is 11.3 Å². The maximum Gasteiger partial charge on any atom is 0.249 e. The molecule has 1 amide bonds. The van der Waals surface area contributed by atoms with Gasteiger partial charge in [0.2, 0.25) is 5.91 Å². The van der Waals surface area contributed by atoms with Crippen LogP contribution in [0.2, 0.25) is 0 Å². The Morgan fingerprint density at radius 3 is 2.65 bits per heavy atom. The van der Waals surface area contributed by atoms with E-state index in [0.717, 1.165) is 47.0 Å². The molecule has 0 aliphatic carbocycles. The van der Waals surface area contributed by atoms with E-state index in [1.54, 1.807) is 6.07 Å². The Labute approximate surface area is 136 Å². The third-order valence-electron chi connectivity index (χ3n) is 4.07. The number of rotatable bonds is 5. The van der Waals surface area contributed by atoms with Crippen molar-refractivity contribution in [1.29, 1.82) is 0 Å². The average Bonchev–Trinajstić information content (AvgIpc) is 2.59. The lowest BCUT2D eigenvalue weighted by molar-refractivity contribution is 0.100. The minimum Gasteiger partial charge on any atom is -0.366 e. The highest BCUT2D eigenvalue weighted by Crippen LogP contribution is 2.29. The van der Waals surface area contributed by atoms with Crippen LogP contribution in [0.1, 0.15) is 35.7 Å². The largest absolute Gasteiger partial charge is 0.366 e. The van der Waals surface area contributed by atoms with E-state index >= 15 is 0 Å². The number of hydrogen-bond acceptors (Lipinski definition) is 2. The van der Waals surface area contributed by atoms with Crippen LogP contribution in [0.3, 0.4) is 0 Å². The number of nitrogens with zero attached hydrogens (tertiary/aromatic N) is 1. The van der Waals surface area contributed by atoms with Gasteiger partial charge in [0.25, 0.3) is 0 Å². The number of benzene rings is 2. The van der Waals surface area contributed by atoms with E-state index in [1.165, 1.54) is 0 Å². The third-order valence-corrected chi connectivity index (χ3v) is 4.07. The van der Waals surface area contributed by atoms with Gasteiger partial charge in [-0.25, -0.2) is 4.98 Å². The van der Waals surface area contributed by atoms with Crippen molar-refractivity contribution in [3.63, 3.8) is 0 Å². The number of primary amides is 1. The molecule has 116 valence electrons. The zero-order valence-corrected chi connectivity index (χ0v) is 13.3. The van der Waals surface area contributed by atoms with Crippen LogP contribution in [0, 0.1) is 0 Å². The Hall–Kier alpha value is -2.68. The number of carbonyl (C=O) groups is 1. The van der Waals surface area contributed by atoms with Crippen LogP contribution in [0.25, 0.3) is 22.2 Å². The number of hydrogen-bond donors (Lipinski definition) is 1. The number of amides is 1. The number of fused-ring (bicyclic) bond motifs is 1. The molecule has 0 radical (unpaired) electrons. The maximum atomic E-state index is 11.9. The van der Waals surface area contributed by atoms with Crippen LogP contribution in [-0.2, 0) is 6.42 Å². The van der Waals surface area contributed by atoms with Gasteiger partial charge in [0.15, 0.2) is 0 Å². The van der Waals surface area contributed by atoms with Crippen LogP contribution in [0.15, 0.2) is 54.6 Å². The summed E-state index contributed by atoms with van der Waals surface area (Å²) >= 11 is 0. The predicted octanol–water partition coefficient (Wildman–Crippen LogP) is 4.34. The Kier molecular flexibility index (Phi) is 4.38. The molecule has 0 atom stereocenters. The summed E-state index contributed by atoms with van der Waals surface area (Å²) in [4.78, 5) is 16.6. The average molecular weight is 304 g/mol. The van der Waals surface area contributed by atoms with Crippen molar-refractivity contribution in [3.05, 3.63) is 65.7 Å². The van der Waals surface area contributed by atoms with Gasteiger partial charge in [0.1, 0.15) is 0 Å². The SMILES string of the molecule is CCCCc1cccc(C(N)=O)c1-c1ccc2ccccc2n1. The van der Waals surface area contributed by atoms with E-state index in [9.17, 15) is 4.79 Å². The molecule has 0 fully saturated rings. The molecule has 0 spiro atoms. The first-order chi connectivity index (χ1) is 11.2. The second-order valence-corrected chi connectivity index (χ2v) is 5.70. The van der Waals surface area contributed by atoms with Crippen molar-refractivity contribution < 1.29 is 4.79 Å². The number of carbonyl (C=O) groups excluding carboxylic acids is 1. The monoisotopic (exact) mass is 304 g/mol. The number of unbranched alkanes of at least 4 members (excludes halogenated alkanes) is 1. The summed E-state index contributed by atoms with van der Waals surface area (Å²) < 4.78 is 0. The Morgan fingerprint density at radius 2 is 1.87 bits per heavy atom. The molecular weight excluding hydrogens is 284 g/mol. The minimum atomic E-state index is -0.409. The number of aryl methyl sites for hydroxylation is 1. The van der Waals surface area contributed by atoms with E-state index in [1.807, 2.05) is 42.5 Å². The summed E-state index contributed by atoms with van der Waals surface area (Å²) in [6, 6.07) is 17.7. The fourth-order valence-corrected chi connectivity index (χ4v) is 2.89. The standard InChI is InChI=1S/C20H20N2O/c1-2-3-7-15-9-6-10-16(20(21)23)19(15)18-13-12-14-8-4-5-11-17(14)22-18/h4-6,8-13H,2-3,7H2,1H3,(H2,21,23). The van der Waals surface area contributed by atoms with Crippen LogP contribution in [0.5, 0.6) is 0 Å². The fraction of sp³-hybridized carbons (Fsp3) is 0.200. The van der Waals surface area contributed by atoms with E-state index in [2.05, 4.69) is 13.0 Å². The van der Waals surface area contributed by atoms with Crippen molar-refractivity contribution in [1.82, 2.24) is 4.98 Å². The zero-order chi connectivity index (χ0) is 16.2. The summed E-state index contributed by atoms with van der Waals surface area (Å²) in [6.07, 6.45) is 3.09. The van der Waals surface area contributed by atoms with Gasteiger partial charge in [-0.05, 0) is 36.6 Å². The molecule has 2 N–H and O–H groups in total. The molecule has 3 nitrogen and oxygen atoms in total. The highest BCUT2D eigenvalue weighted by molar-refractivity contribution is 6.00. The molecule has 0 unspecified atom stereocenters. The summed E-state index contributed by atoms with van der Waals surface area (Å²) in [5.41, 5.74) is 9.87. The van der Waals surface area contributed by atoms with Gasteiger partial charge in [-0.1, -0.05) is 49.7 Å². The van der Waals surface area contributed by atoms with E-state index in [4.69, 9.17) is 10.7 Å². The van der Waals surface area contributed by atoms with Gasteiger partial charge in [-0.15, -0.1) is 0 Å². The maximum absolute atomic E-state index is 11.9. The molecule has 3 rings (SSSR count). The molecule has 2 aromatic carbocycles. The summed E-state index contributed by atoms with van der Waals surface area (Å²) in [6.45, 7) is 2.16. The first-order valence-electron chi connectivity index (χ1n) is 7.98. The Balaban J connectivity index is 2.20. The van der Waals surface area contributed by atoms with Gasteiger partial charge in [-0.2, -0.15) is 0 Å². The summed E-state index contributed by atoms with van der Waals surface area (Å²) in [7, 11) is 0. The second kappa shape index (κ2) is 6.61. The molecule has 0 bridgehead atoms. The van der Waals surface area contributed by atoms with Crippen LogP contribution in [0.4, 0.5) is 0 Å². The first-order valence-corrected chi connectivity index (χ1v) is 7.98. The minimum absolute atomic E-state index is 0.409. The molecule has 23 heavy (non-hydrogen) atoms. The molecular formula is C20H20N2O. The third kappa shape index (κ3) is 3.09. The molecule has 0 saturated heterocycles. The molecule has 0 saturated carbocycles. The van der Waals surface area contributed by atoms with Crippen molar-refractivity contribution in [2.75, 3.05) is 0 Å². The Bertz CT molecular complexity index is 855. The molecule has 0 aliphatic rings. The smallest absolute Gasteiger partial charge is 0.249 e. The van der Waals surface area contributed by atoms with E-state index in [-0.39, 0.29) is 0 Å². The number of aromatic nitrogens is 1. The fourth-order valence-electron chi connectivity index (χ4n) is 2.89. The normalized spacial score (nSPS) is 10.8. The lowest BCUT2D eigenvalue weighted by atomic mass is 9.93. The van der Waals surface area contributed by atoms with Crippen molar-refractivity contribution in [2.24, 2.45) is 5.73 Å². The van der Waals surface area contributed by atoms with Gasteiger partial charge >= 0.3 is 0 Å². The van der Waals surface area contributed by atoms with E-state index < -0.39 is 5.91 Å². The zero-order valence-electron chi connectivity index (χ0n) is 13.3. The molecule has 1 aromatic heterocycles. The number of para-hydroxylation sites is 1. The van der Waals surface area contributed by atoms with Gasteiger partial charge < -0.3 is 5.73 Å². The highest BCUT2D eigenvalue weighted by Gasteiger charge is 2.15. The highest BCUT2D eigenvalue weighted by atomic mass is 16.1. The van der Waals surface area contributed by atoms with Crippen molar-refractivity contribution >= 4 is 16.8 Å². The van der Waals surface area contributed by atoms with Crippen LogP contribution >= 0.6 is 0 Å². The van der Waals surface area contributed by atoms with Gasteiger partial charge in [0, 0.05) is 16.5 Å². The molecule has 3 aromatic rings. The number of nitrogens with two attached hydrogens (primary N) is 1. The molecule has 0 aliphatic heterocycles. The summed E-state index contributed by atoms with van der Waals surface area (Å²) in [5, 5.41) is 1.09. The summed E-state index contributed by atoms with van der Waals surface area (Å²) in [5.74, 6) is -0.409. The topological polar surface area (TPSA) is 56.0 Å². The van der Waals surface area contributed by atoms with Crippen LogP contribution in [-0.4, -0.2) is 10.9 Å². The van der Waals surface area contributed by atoms with Gasteiger partial charge in [0.05, 0.1) is 11.2 Å². The second-order valence-electron chi connectivity index (χ2n) is 5.70. The quantitative estimate of drug-likeness (QED) is 0.762. The predicted molar refractivity (Wildman–Crippen MR) is 94.3 cm³/mol. The van der Waals surface area contributed by atoms with Crippen molar-refractivity contribution in [2.45, 2.75) is 26.2 Å². The van der Waals surface area contributed by atoms with E-state index in [0.29, 0.717) is 5.56 Å².